The van der Waals surface area contributed by atoms with E-state index in [-0.39, 0.29) is 11.8 Å². The van der Waals surface area contributed by atoms with Crippen LogP contribution in [0, 0.1) is 12.3 Å². The van der Waals surface area contributed by atoms with Crippen LogP contribution in [0.15, 0.2) is 11.5 Å². The zero-order valence-electron chi connectivity index (χ0n) is 7.36. The number of sulfone groups is 1. The maximum Gasteiger partial charge on any atom is 0.173 e. The van der Waals surface area contributed by atoms with Crippen molar-refractivity contribution >= 4 is 9.84 Å². The summed E-state index contributed by atoms with van der Waals surface area (Å²) in [6, 6.07) is -0.0252. The lowest BCUT2D eigenvalue weighted by molar-refractivity contribution is 0.586. The van der Waals surface area contributed by atoms with E-state index in [0.717, 1.165) is 19.4 Å². The molecule has 0 aliphatic carbocycles. The van der Waals surface area contributed by atoms with E-state index in [2.05, 4.69) is 11.2 Å². The maximum absolute atomic E-state index is 11.0. The summed E-state index contributed by atoms with van der Waals surface area (Å²) in [6.45, 7) is 0.773. The van der Waals surface area contributed by atoms with Crippen LogP contribution in [0.25, 0.3) is 0 Å². The molecule has 0 bridgehead atoms. The molecule has 0 radical (unpaired) electrons. The van der Waals surface area contributed by atoms with Gasteiger partial charge in [0.15, 0.2) is 9.84 Å². The van der Waals surface area contributed by atoms with Crippen LogP contribution in [0.3, 0.4) is 0 Å². The first-order valence-electron chi connectivity index (χ1n) is 4.22. The highest BCUT2D eigenvalue weighted by Crippen LogP contribution is 2.07. The molecule has 0 aromatic heterocycles. The molecule has 0 aromatic rings. The molecule has 0 amide bonds. The van der Waals surface area contributed by atoms with Gasteiger partial charge in [-0.25, -0.2) is 8.42 Å². The minimum Gasteiger partial charge on any atom is -0.309 e. The highest BCUT2D eigenvalue weighted by molar-refractivity contribution is 7.94. The summed E-state index contributed by atoms with van der Waals surface area (Å²) in [5, 5.41) is 4.38. The fourth-order valence-electron chi connectivity index (χ4n) is 1.18. The van der Waals surface area contributed by atoms with Crippen LogP contribution in [0.4, 0.5) is 0 Å². The monoisotopic (exact) mass is 199 g/mol. The van der Waals surface area contributed by atoms with Gasteiger partial charge in [0.2, 0.25) is 0 Å². The van der Waals surface area contributed by atoms with Gasteiger partial charge in [0.1, 0.15) is 0 Å². The van der Waals surface area contributed by atoms with Gasteiger partial charge in [0, 0.05) is 17.9 Å². The standard InChI is InChI=1S/C9H13NO2S/c1-2-3-4-6-10-9-5-7-13(11,12)8-9/h1,5,7,9-10H,3-4,6,8H2. The smallest absolute Gasteiger partial charge is 0.173 e. The molecule has 3 nitrogen and oxygen atoms in total. The van der Waals surface area contributed by atoms with Crippen LogP contribution in [0.5, 0.6) is 0 Å². The number of hydrogen-bond acceptors (Lipinski definition) is 3. The van der Waals surface area contributed by atoms with Gasteiger partial charge in [-0.2, -0.15) is 0 Å². The first-order valence-corrected chi connectivity index (χ1v) is 5.93. The van der Waals surface area contributed by atoms with Crippen molar-refractivity contribution in [3.63, 3.8) is 0 Å². The number of rotatable bonds is 4. The third-order valence-electron chi connectivity index (χ3n) is 1.83. The number of unbranched alkanes of at least 4 members (excludes halogenated alkanes) is 1. The Kier molecular flexibility index (Phi) is 3.52. The van der Waals surface area contributed by atoms with E-state index >= 15 is 0 Å². The van der Waals surface area contributed by atoms with Crippen LogP contribution in [0.1, 0.15) is 12.8 Å². The Labute approximate surface area is 79.1 Å². The van der Waals surface area contributed by atoms with E-state index in [1.54, 1.807) is 6.08 Å². The van der Waals surface area contributed by atoms with Gasteiger partial charge in [-0.05, 0) is 13.0 Å². The lowest BCUT2D eigenvalue weighted by Crippen LogP contribution is -2.30. The van der Waals surface area contributed by atoms with E-state index in [1.165, 1.54) is 5.41 Å². The third kappa shape index (κ3) is 3.62. The van der Waals surface area contributed by atoms with Gasteiger partial charge in [-0.15, -0.1) is 12.3 Å². The quantitative estimate of drug-likeness (QED) is 0.523. The Morgan fingerprint density at radius 1 is 1.62 bits per heavy atom. The highest BCUT2D eigenvalue weighted by atomic mass is 32.2. The van der Waals surface area contributed by atoms with Gasteiger partial charge >= 0.3 is 0 Å². The molecule has 1 atom stereocenters. The first kappa shape index (κ1) is 10.3. The van der Waals surface area contributed by atoms with Crippen molar-refractivity contribution in [2.24, 2.45) is 0 Å². The molecule has 0 fully saturated rings. The largest absolute Gasteiger partial charge is 0.309 e. The highest BCUT2D eigenvalue weighted by Gasteiger charge is 2.20. The second-order valence-electron chi connectivity index (χ2n) is 3.03. The Bertz CT molecular complexity index is 324. The molecule has 0 aromatic carbocycles. The summed E-state index contributed by atoms with van der Waals surface area (Å²) in [5.41, 5.74) is 0. The Hall–Kier alpha value is -0.790. The Morgan fingerprint density at radius 2 is 2.38 bits per heavy atom. The lowest BCUT2D eigenvalue weighted by Gasteiger charge is -2.07. The minimum absolute atomic E-state index is 0.0252. The van der Waals surface area contributed by atoms with Crippen molar-refractivity contribution in [1.82, 2.24) is 5.32 Å². The van der Waals surface area contributed by atoms with Crippen molar-refractivity contribution in [3.05, 3.63) is 11.5 Å². The number of terminal acetylenes is 1. The summed E-state index contributed by atoms with van der Waals surface area (Å²) >= 11 is 0. The molecule has 72 valence electrons. The van der Waals surface area contributed by atoms with Crippen LogP contribution in [0.2, 0.25) is 0 Å². The summed E-state index contributed by atoms with van der Waals surface area (Å²) in [7, 11) is -2.92. The maximum atomic E-state index is 11.0. The van der Waals surface area contributed by atoms with Crippen molar-refractivity contribution in [1.29, 1.82) is 0 Å². The van der Waals surface area contributed by atoms with Crippen molar-refractivity contribution in [2.45, 2.75) is 18.9 Å². The van der Waals surface area contributed by atoms with Crippen LogP contribution in [-0.4, -0.2) is 26.8 Å². The van der Waals surface area contributed by atoms with E-state index in [4.69, 9.17) is 6.42 Å². The molecule has 1 aliphatic rings. The Morgan fingerprint density at radius 3 is 2.92 bits per heavy atom. The number of hydrogen-bond donors (Lipinski definition) is 1. The fourth-order valence-corrected chi connectivity index (χ4v) is 2.45. The molecule has 1 heterocycles. The zero-order valence-corrected chi connectivity index (χ0v) is 8.18. The second kappa shape index (κ2) is 4.45. The minimum atomic E-state index is -2.92. The predicted molar refractivity (Wildman–Crippen MR) is 52.8 cm³/mol. The normalized spacial score (nSPS) is 24.4. The molecule has 1 rings (SSSR count). The predicted octanol–water partition coefficient (Wildman–Crippen LogP) is 0.300. The van der Waals surface area contributed by atoms with E-state index in [9.17, 15) is 8.42 Å². The van der Waals surface area contributed by atoms with E-state index < -0.39 is 9.84 Å². The molecule has 1 aliphatic heterocycles. The lowest BCUT2D eigenvalue weighted by atomic mass is 10.3. The molecule has 13 heavy (non-hydrogen) atoms. The van der Waals surface area contributed by atoms with E-state index in [0.29, 0.717) is 0 Å². The van der Waals surface area contributed by atoms with Crippen LogP contribution in [-0.2, 0) is 9.84 Å². The van der Waals surface area contributed by atoms with Crippen LogP contribution < -0.4 is 5.32 Å². The second-order valence-corrected chi connectivity index (χ2v) is 4.96. The first-order chi connectivity index (χ1) is 6.14. The summed E-state index contributed by atoms with van der Waals surface area (Å²) in [5.74, 6) is 2.72. The molecule has 0 spiro atoms. The van der Waals surface area contributed by atoms with Crippen molar-refractivity contribution < 1.29 is 8.42 Å². The summed E-state index contributed by atoms with van der Waals surface area (Å²) < 4.78 is 21.9. The number of nitrogens with one attached hydrogen (secondary N) is 1. The van der Waals surface area contributed by atoms with Gasteiger partial charge in [-0.1, -0.05) is 6.08 Å². The average Bonchev–Trinajstić information content (AvgIpc) is 2.40. The molecule has 0 saturated heterocycles. The molecule has 1 unspecified atom stereocenters. The molecular formula is C9H13NO2S. The van der Waals surface area contributed by atoms with Crippen LogP contribution >= 0.6 is 0 Å². The van der Waals surface area contributed by atoms with Crippen molar-refractivity contribution in [3.8, 4) is 12.3 Å². The van der Waals surface area contributed by atoms with Gasteiger partial charge in [0.25, 0.3) is 0 Å². The fraction of sp³-hybridized carbons (Fsp3) is 0.556. The van der Waals surface area contributed by atoms with Gasteiger partial charge in [0.05, 0.1) is 5.75 Å². The molecule has 1 N–H and O–H groups in total. The SMILES string of the molecule is C#CCCCNC1C=CS(=O)(=O)C1. The van der Waals surface area contributed by atoms with Crippen molar-refractivity contribution in [2.75, 3.05) is 12.3 Å². The average molecular weight is 199 g/mol. The Balaban J connectivity index is 2.20. The van der Waals surface area contributed by atoms with Gasteiger partial charge < -0.3 is 5.32 Å². The summed E-state index contributed by atoms with van der Waals surface area (Å²) in [4.78, 5) is 0. The van der Waals surface area contributed by atoms with Gasteiger partial charge in [-0.3, -0.25) is 0 Å². The third-order valence-corrected chi connectivity index (χ3v) is 3.23. The molecule has 0 saturated carbocycles. The molecule has 4 heteroatoms. The topological polar surface area (TPSA) is 46.2 Å². The summed E-state index contributed by atoms with van der Waals surface area (Å²) in [6.07, 6.45) is 8.39. The van der Waals surface area contributed by atoms with E-state index in [1.807, 2.05) is 0 Å². The molecular weight excluding hydrogens is 186 g/mol. The zero-order chi connectivity index (χ0) is 9.73.